The molecule has 2 fully saturated rings. The summed E-state index contributed by atoms with van der Waals surface area (Å²) in [4.78, 5) is 49.9. The third kappa shape index (κ3) is 6.72. The van der Waals surface area contributed by atoms with Crippen molar-refractivity contribution >= 4 is 53.1 Å². The summed E-state index contributed by atoms with van der Waals surface area (Å²) in [5, 5.41) is 27.4. The molecule has 2 aromatic heterocycles. The monoisotopic (exact) mass is 646 g/mol. The molecule has 6 N–H and O–H groups in total. The van der Waals surface area contributed by atoms with Crippen LogP contribution in [-0.4, -0.2) is 115 Å². The van der Waals surface area contributed by atoms with Crippen molar-refractivity contribution in [2.45, 2.75) is 69.9 Å². The van der Waals surface area contributed by atoms with Gasteiger partial charge in [-0.25, -0.2) is 14.9 Å². The number of methoxy groups -OCH3 is 1. The predicted molar refractivity (Wildman–Crippen MR) is 152 cm³/mol. The highest BCUT2D eigenvalue weighted by Crippen LogP contribution is 2.57. The van der Waals surface area contributed by atoms with Gasteiger partial charge in [0.05, 0.1) is 26.1 Å². The number of nitrogens with one attached hydrogen (secondary N) is 2. The number of esters is 1. The zero-order valence-corrected chi connectivity index (χ0v) is 26.0. The summed E-state index contributed by atoms with van der Waals surface area (Å²) in [7, 11) is 2.68. The number of nitrogens with zero attached hydrogens (tertiary/aromatic N) is 5. The number of ether oxygens (including phenoxy) is 3. The van der Waals surface area contributed by atoms with Gasteiger partial charge in [-0.3, -0.25) is 23.6 Å². The van der Waals surface area contributed by atoms with Gasteiger partial charge in [0.2, 0.25) is 11.8 Å². The summed E-state index contributed by atoms with van der Waals surface area (Å²) in [6.45, 7) is 1.49. The predicted octanol–water partition coefficient (Wildman–Crippen LogP) is -0.236. The van der Waals surface area contributed by atoms with E-state index < -0.39 is 73.5 Å². The van der Waals surface area contributed by atoms with E-state index in [4.69, 9.17) is 24.5 Å². The number of urea groups is 1. The minimum Gasteiger partial charge on any atom is -0.479 e. The molecule has 4 heterocycles. The molecule has 7 atom stereocenters. The Hall–Kier alpha value is -3.06. The summed E-state index contributed by atoms with van der Waals surface area (Å²) in [5.41, 5.74) is 4.27. The van der Waals surface area contributed by atoms with E-state index in [1.165, 1.54) is 38.9 Å². The van der Waals surface area contributed by atoms with Crippen molar-refractivity contribution in [1.82, 2.24) is 34.8 Å². The Bertz CT molecular complexity index is 1440. The number of fused-ring (bicyclic) bond motifs is 1. The lowest BCUT2D eigenvalue weighted by atomic mass is 9.96. The van der Waals surface area contributed by atoms with E-state index in [1.807, 2.05) is 0 Å². The second-order valence-electron chi connectivity index (χ2n) is 10.4. The first kappa shape index (κ1) is 32.8. The van der Waals surface area contributed by atoms with E-state index in [9.17, 15) is 29.2 Å². The largest absolute Gasteiger partial charge is 0.479 e. The lowest BCUT2D eigenvalue weighted by Gasteiger charge is -2.27. The third-order valence-corrected chi connectivity index (χ3v) is 10.8. The third-order valence-electron chi connectivity index (χ3n) is 6.72. The van der Waals surface area contributed by atoms with Crippen LogP contribution in [0.1, 0.15) is 33.9 Å². The highest BCUT2D eigenvalue weighted by atomic mass is 32.7. The molecule has 0 unspecified atom stereocenters. The van der Waals surface area contributed by atoms with Gasteiger partial charge >= 0.3 is 18.7 Å². The number of imide groups is 1. The van der Waals surface area contributed by atoms with Crippen LogP contribution in [0.2, 0.25) is 0 Å². The average Bonchev–Trinajstić information content (AvgIpc) is 3.53. The first-order valence-corrected chi connectivity index (χ1v) is 16.3. The Labute approximate surface area is 250 Å². The standard InChI is InChI=1S/C23H35N8O10PS/c1-10(2)40-19(34)11(3)29-42(37,43-8-12-18(33)30(5)22(35)26-12)39-7-13-15(32)23(4,36)20(41-13)31-9-25-14-16(31)27-21(24)28-17(14)38-6/h9-13,15,20,32,36H,7-8H2,1-6H3,(H,26,35)(H,29,37)(H2,24,27,28)/t11-,12+,13+,15+,20+,23+,42+/m0/s1. The molecule has 238 valence electrons. The molecular formula is C23H35N8O10PS. The van der Waals surface area contributed by atoms with Gasteiger partial charge in [0.1, 0.15) is 29.9 Å². The van der Waals surface area contributed by atoms with E-state index in [0.29, 0.717) is 11.4 Å². The van der Waals surface area contributed by atoms with Gasteiger partial charge < -0.3 is 40.0 Å². The maximum absolute atomic E-state index is 14.0. The fraction of sp³-hybridized carbons (Fsp3) is 0.652. The average molecular weight is 647 g/mol. The smallest absolute Gasteiger partial charge is 0.327 e. The van der Waals surface area contributed by atoms with E-state index in [0.717, 1.165) is 4.90 Å². The molecule has 18 nitrogen and oxygen atoms in total. The molecule has 2 aliphatic heterocycles. The molecule has 0 aromatic carbocycles. The van der Waals surface area contributed by atoms with Gasteiger partial charge in [0, 0.05) is 12.8 Å². The molecule has 2 saturated heterocycles. The number of rotatable bonds is 12. The Morgan fingerprint density at radius 3 is 2.65 bits per heavy atom. The van der Waals surface area contributed by atoms with E-state index in [-0.39, 0.29) is 28.7 Å². The number of aliphatic hydroxyl groups excluding tert-OH is 1. The summed E-state index contributed by atoms with van der Waals surface area (Å²) < 4.78 is 37.4. The van der Waals surface area contributed by atoms with Gasteiger partial charge in [-0.15, -0.1) is 0 Å². The number of carbonyl (C=O) groups excluding carboxylic acids is 3. The number of aliphatic hydroxyl groups is 2. The van der Waals surface area contributed by atoms with Crippen molar-refractivity contribution in [1.29, 1.82) is 0 Å². The topological polar surface area (TPSA) is 243 Å². The van der Waals surface area contributed by atoms with Crippen molar-refractivity contribution < 1.29 is 47.9 Å². The Balaban J connectivity index is 1.53. The van der Waals surface area contributed by atoms with Gasteiger partial charge in [-0.1, -0.05) is 11.4 Å². The number of imidazole rings is 1. The van der Waals surface area contributed by atoms with Crippen molar-refractivity contribution in [3.63, 3.8) is 0 Å². The summed E-state index contributed by atoms with van der Waals surface area (Å²) in [5.74, 6) is -1.42. The minimum atomic E-state index is -4.05. The molecule has 0 spiro atoms. The van der Waals surface area contributed by atoms with Crippen LogP contribution in [0.3, 0.4) is 0 Å². The highest BCUT2D eigenvalue weighted by molar-refractivity contribution is 8.56. The number of nitrogens with two attached hydrogens (primary N) is 1. The van der Waals surface area contributed by atoms with Crippen LogP contribution in [0.15, 0.2) is 6.33 Å². The Morgan fingerprint density at radius 1 is 1.35 bits per heavy atom. The van der Waals surface area contributed by atoms with Crippen LogP contribution in [-0.2, 0) is 28.2 Å². The first-order valence-electron chi connectivity index (χ1n) is 13.1. The van der Waals surface area contributed by atoms with Crippen LogP contribution in [0.4, 0.5) is 10.7 Å². The first-order chi connectivity index (χ1) is 20.1. The fourth-order valence-electron chi connectivity index (χ4n) is 4.43. The molecule has 20 heteroatoms. The molecule has 0 aliphatic carbocycles. The minimum absolute atomic E-state index is 0.0941. The van der Waals surface area contributed by atoms with Crippen molar-refractivity contribution in [3.05, 3.63) is 6.33 Å². The van der Waals surface area contributed by atoms with Crippen LogP contribution in [0.5, 0.6) is 5.88 Å². The number of amides is 3. The molecular weight excluding hydrogens is 611 g/mol. The number of nitrogen functional groups attached to an aromatic ring is 1. The zero-order chi connectivity index (χ0) is 31.9. The maximum Gasteiger partial charge on any atom is 0.327 e. The van der Waals surface area contributed by atoms with Gasteiger partial charge in [0.25, 0.3) is 5.91 Å². The lowest BCUT2D eigenvalue weighted by molar-refractivity contribution is -0.149. The molecule has 0 saturated carbocycles. The number of hydrogen-bond acceptors (Lipinski definition) is 15. The summed E-state index contributed by atoms with van der Waals surface area (Å²) >= 11 is 0.677. The number of aromatic nitrogens is 4. The second kappa shape index (κ2) is 12.5. The highest BCUT2D eigenvalue weighted by Gasteiger charge is 2.54. The lowest BCUT2D eigenvalue weighted by Crippen LogP contribution is -2.44. The molecule has 43 heavy (non-hydrogen) atoms. The van der Waals surface area contributed by atoms with Crippen molar-refractivity contribution in [3.8, 4) is 5.88 Å². The second-order valence-corrected chi connectivity index (χ2v) is 14.8. The van der Waals surface area contributed by atoms with E-state index >= 15 is 0 Å². The molecule has 3 amide bonds. The number of anilines is 1. The van der Waals surface area contributed by atoms with Gasteiger partial charge in [-0.05, 0) is 27.7 Å². The molecule has 0 radical (unpaired) electrons. The quantitative estimate of drug-likeness (QED) is 0.114. The van der Waals surface area contributed by atoms with Gasteiger partial charge in [-0.2, -0.15) is 9.97 Å². The number of hydrogen-bond donors (Lipinski definition) is 5. The van der Waals surface area contributed by atoms with Crippen LogP contribution in [0, 0.1) is 0 Å². The zero-order valence-electron chi connectivity index (χ0n) is 24.3. The summed E-state index contributed by atoms with van der Waals surface area (Å²) in [6.07, 6.45) is -3.16. The molecule has 2 aliphatic rings. The van der Waals surface area contributed by atoms with E-state index in [2.05, 4.69) is 25.4 Å². The van der Waals surface area contributed by atoms with Crippen LogP contribution in [0.25, 0.3) is 11.2 Å². The Kier molecular flexibility index (Phi) is 9.55. The Morgan fingerprint density at radius 2 is 2.05 bits per heavy atom. The SMILES string of the molecule is COc1nc(N)nc2c1ncn2[C@@H]1O[C@H](CO[P@](=O)(N[C@@H](C)C(=O)OC(C)C)SC[C@H]2NC(=O)N(C)C2=O)[C@@H](O)[C@@]1(C)O. The van der Waals surface area contributed by atoms with Crippen molar-refractivity contribution in [2.75, 3.05) is 32.3 Å². The normalized spacial score (nSPS) is 27.9. The number of carbonyl (C=O) groups is 3. The fourth-order valence-corrected chi connectivity index (χ4v) is 8.29. The van der Waals surface area contributed by atoms with Crippen LogP contribution >= 0.6 is 18.1 Å². The maximum atomic E-state index is 14.0. The van der Waals surface area contributed by atoms with Crippen LogP contribution < -0.4 is 20.9 Å². The molecule has 0 bridgehead atoms. The summed E-state index contributed by atoms with van der Waals surface area (Å²) in [6, 6.07) is -2.70. The van der Waals surface area contributed by atoms with Crippen molar-refractivity contribution in [2.24, 2.45) is 0 Å². The van der Waals surface area contributed by atoms with E-state index in [1.54, 1.807) is 13.8 Å². The number of likely N-dealkylation sites (N-methyl/N-ethyl adjacent to an activating group) is 1. The van der Waals surface area contributed by atoms with Gasteiger partial charge in [0.15, 0.2) is 17.4 Å². The molecule has 4 rings (SSSR count). The molecule has 2 aromatic rings.